The van der Waals surface area contributed by atoms with Crippen molar-refractivity contribution in [3.63, 3.8) is 0 Å². The molecule has 2 heteroatoms. The molecule has 0 heterocycles. The van der Waals surface area contributed by atoms with Gasteiger partial charge in [-0.3, -0.25) is 0 Å². The number of hydrogen-bond acceptors (Lipinski definition) is 1. The molecule has 4 aromatic carbocycles. The Hall–Kier alpha value is -2.89. The van der Waals surface area contributed by atoms with Crippen molar-refractivity contribution in [2.75, 3.05) is 0 Å². The molecule has 1 nitrogen and oxygen atoms in total. The van der Waals surface area contributed by atoms with Gasteiger partial charge >= 0.3 is 0 Å². The minimum absolute atomic E-state index is 0.0168. The Labute approximate surface area is 197 Å². The highest BCUT2D eigenvalue weighted by atomic mass is 31.1. The van der Waals surface area contributed by atoms with Crippen LogP contribution in [0.5, 0.6) is 0 Å². The first-order valence-corrected chi connectivity index (χ1v) is 13.2. The van der Waals surface area contributed by atoms with Crippen LogP contribution in [0.15, 0.2) is 78.9 Å². The van der Waals surface area contributed by atoms with E-state index >= 15 is 0 Å². The Kier molecular flexibility index (Phi) is 4.27. The molecule has 164 valence electrons. The van der Waals surface area contributed by atoms with Crippen LogP contribution in [0.4, 0.5) is 0 Å². The molecule has 0 bridgehead atoms. The van der Waals surface area contributed by atoms with E-state index in [2.05, 4.69) is 83.1 Å². The van der Waals surface area contributed by atoms with Crippen molar-refractivity contribution in [1.29, 1.82) is 0 Å². The molecule has 0 aromatic heterocycles. The van der Waals surface area contributed by atoms with Gasteiger partial charge in [-0.1, -0.05) is 93.9 Å². The lowest BCUT2D eigenvalue weighted by Gasteiger charge is -2.24. The maximum Gasteiger partial charge on any atom is 0.131 e. The van der Waals surface area contributed by atoms with Gasteiger partial charge in [-0.05, 0) is 69.6 Å². The largest absolute Gasteiger partial charge is 0.317 e. The second-order valence-electron chi connectivity index (χ2n) is 10.7. The maximum absolute atomic E-state index is 13.3. The maximum atomic E-state index is 13.3. The number of hydrogen-bond donors (Lipinski definition) is 0. The third-order valence-corrected chi connectivity index (χ3v) is 9.62. The SMILES string of the molecule is Cc1ccc2c(c1)C(C)(C)c1cc3c(cc1-2)C(C)(C)c1cc([PH](=O)c2ccccc2)ccc1-3. The summed E-state index contributed by atoms with van der Waals surface area (Å²) in [4.78, 5) is 0. The van der Waals surface area contributed by atoms with Gasteiger partial charge in [-0.25, -0.2) is 0 Å². The van der Waals surface area contributed by atoms with Gasteiger partial charge in [-0.2, -0.15) is 0 Å². The van der Waals surface area contributed by atoms with Crippen molar-refractivity contribution < 1.29 is 4.57 Å². The zero-order valence-electron chi connectivity index (χ0n) is 19.9. The van der Waals surface area contributed by atoms with Crippen LogP contribution in [0.2, 0.25) is 0 Å². The van der Waals surface area contributed by atoms with Gasteiger partial charge in [0.1, 0.15) is 7.80 Å². The first kappa shape index (κ1) is 20.7. The quantitative estimate of drug-likeness (QED) is 0.299. The Morgan fingerprint density at radius 2 is 1.06 bits per heavy atom. The normalized spacial score (nSPS) is 17.1. The predicted octanol–water partition coefficient (Wildman–Crippen LogP) is 7.12. The standard InChI is InChI=1S/C31H29OP/c1-19-11-13-22-24-17-29-25(18-28(24)30(2,3)26(22)15-19)23-14-12-21(16-27(23)31(29,4)5)33(32)20-9-7-6-8-10-20/h6-18,33H,1-5H3. The molecular weight excluding hydrogens is 419 g/mol. The second-order valence-corrected chi connectivity index (χ2v) is 12.5. The molecule has 0 aliphatic heterocycles. The molecule has 0 amide bonds. The van der Waals surface area contributed by atoms with E-state index in [1.54, 1.807) is 0 Å². The second kappa shape index (κ2) is 6.81. The van der Waals surface area contributed by atoms with Crippen LogP contribution in [-0.4, -0.2) is 0 Å². The summed E-state index contributed by atoms with van der Waals surface area (Å²) in [7, 11) is -2.02. The molecule has 0 radical (unpaired) electrons. The monoisotopic (exact) mass is 448 g/mol. The number of aryl methyl sites for hydroxylation is 1. The summed E-state index contributed by atoms with van der Waals surface area (Å²) in [5.74, 6) is 0. The molecule has 1 unspecified atom stereocenters. The van der Waals surface area contributed by atoms with E-state index in [1.807, 2.05) is 30.3 Å². The zero-order valence-corrected chi connectivity index (χ0v) is 20.9. The molecule has 0 saturated heterocycles. The topological polar surface area (TPSA) is 17.1 Å². The number of rotatable bonds is 2. The molecule has 2 aliphatic rings. The fourth-order valence-corrected chi connectivity index (χ4v) is 7.31. The van der Waals surface area contributed by atoms with Crippen LogP contribution in [0.3, 0.4) is 0 Å². The summed E-state index contributed by atoms with van der Waals surface area (Å²) in [6, 6.07) is 28.1. The molecule has 0 N–H and O–H groups in total. The highest BCUT2D eigenvalue weighted by Crippen LogP contribution is 2.56. The first-order valence-electron chi connectivity index (χ1n) is 11.7. The van der Waals surface area contributed by atoms with Crippen LogP contribution in [0.1, 0.15) is 55.5 Å². The molecule has 1 atom stereocenters. The van der Waals surface area contributed by atoms with E-state index in [0.29, 0.717) is 0 Å². The van der Waals surface area contributed by atoms with Gasteiger partial charge in [0, 0.05) is 21.4 Å². The first-order chi connectivity index (χ1) is 15.7. The van der Waals surface area contributed by atoms with Crippen molar-refractivity contribution in [2.45, 2.75) is 45.4 Å². The zero-order chi connectivity index (χ0) is 23.1. The van der Waals surface area contributed by atoms with Gasteiger partial charge in [0.25, 0.3) is 0 Å². The lowest BCUT2D eigenvalue weighted by molar-refractivity contribution is 0.598. The molecule has 6 rings (SSSR count). The minimum atomic E-state index is -2.02. The fraction of sp³-hybridized carbons (Fsp3) is 0.226. The van der Waals surface area contributed by atoms with Gasteiger partial charge in [0.05, 0.1) is 0 Å². The van der Waals surface area contributed by atoms with Gasteiger partial charge in [0.15, 0.2) is 0 Å². The lowest BCUT2D eigenvalue weighted by atomic mass is 9.79. The van der Waals surface area contributed by atoms with Gasteiger partial charge < -0.3 is 4.57 Å². The van der Waals surface area contributed by atoms with Crippen LogP contribution in [-0.2, 0) is 15.4 Å². The van der Waals surface area contributed by atoms with Crippen LogP contribution >= 0.6 is 7.80 Å². The minimum Gasteiger partial charge on any atom is -0.317 e. The fourth-order valence-electron chi connectivity index (χ4n) is 5.97. The van der Waals surface area contributed by atoms with E-state index in [0.717, 1.165) is 10.6 Å². The Bertz CT molecular complexity index is 1470. The third-order valence-electron chi connectivity index (χ3n) is 7.92. The van der Waals surface area contributed by atoms with E-state index < -0.39 is 7.80 Å². The number of benzene rings is 4. The Morgan fingerprint density at radius 3 is 1.67 bits per heavy atom. The van der Waals surface area contributed by atoms with Crippen molar-refractivity contribution >= 4 is 18.4 Å². The molecule has 4 aromatic rings. The average molecular weight is 449 g/mol. The average Bonchev–Trinajstić information content (AvgIpc) is 3.17. The Balaban J connectivity index is 1.52. The molecule has 33 heavy (non-hydrogen) atoms. The van der Waals surface area contributed by atoms with Crippen molar-refractivity contribution in [3.05, 3.63) is 107 Å². The smallest absolute Gasteiger partial charge is 0.131 e. The highest BCUT2D eigenvalue weighted by Gasteiger charge is 2.41. The van der Waals surface area contributed by atoms with Crippen LogP contribution in [0, 0.1) is 6.92 Å². The van der Waals surface area contributed by atoms with Gasteiger partial charge in [0.2, 0.25) is 0 Å². The summed E-state index contributed by atoms with van der Waals surface area (Å²) < 4.78 is 13.3. The van der Waals surface area contributed by atoms with E-state index in [4.69, 9.17) is 0 Å². The summed E-state index contributed by atoms with van der Waals surface area (Å²) in [6.07, 6.45) is 0. The molecule has 0 saturated carbocycles. The summed E-state index contributed by atoms with van der Waals surface area (Å²) >= 11 is 0. The van der Waals surface area contributed by atoms with E-state index in [9.17, 15) is 4.57 Å². The lowest BCUT2D eigenvalue weighted by Crippen LogP contribution is -2.18. The number of fused-ring (bicyclic) bond motifs is 6. The van der Waals surface area contributed by atoms with Crippen LogP contribution < -0.4 is 10.6 Å². The van der Waals surface area contributed by atoms with Crippen molar-refractivity contribution in [2.24, 2.45) is 0 Å². The summed E-state index contributed by atoms with van der Waals surface area (Å²) in [5.41, 5.74) is 12.0. The molecule has 0 fully saturated rings. The van der Waals surface area contributed by atoms with Crippen LogP contribution in [0.25, 0.3) is 22.3 Å². The van der Waals surface area contributed by atoms with Crippen molar-refractivity contribution in [1.82, 2.24) is 0 Å². The van der Waals surface area contributed by atoms with Gasteiger partial charge in [-0.15, -0.1) is 0 Å². The molecular formula is C31H29OP. The summed E-state index contributed by atoms with van der Waals surface area (Å²) in [6.45, 7) is 11.5. The molecule has 2 aliphatic carbocycles. The molecule has 0 spiro atoms. The Morgan fingerprint density at radius 1 is 0.545 bits per heavy atom. The van der Waals surface area contributed by atoms with E-state index in [1.165, 1.54) is 50.1 Å². The van der Waals surface area contributed by atoms with E-state index in [-0.39, 0.29) is 10.8 Å². The highest BCUT2D eigenvalue weighted by molar-refractivity contribution is 7.61. The van der Waals surface area contributed by atoms with Crippen molar-refractivity contribution in [3.8, 4) is 22.3 Å². The summed E-state index contributed by atoms with van der Waals surface area (Å²) in [5, 5.41) is 1.86. The predicted molar refractivity (Wildman–Crippen MR) is 141 cm³/mol. The third kappa shape index (κ3) is 2.82.